The molecule has 0 N–H and O–H groups in total. The molecule has 18 heavy (non-hydrogen) atoms. The first-order valence-corrected chi connectivity index (χ1v) is 16.6. The molecule has 2 rings (SSSR count). The second kappa shape index (κ2) is 5.59. The van der Waals surface area contributed by atoms with Crippen molar-refractivity contribution in [3.05, 3.63) is 41.0 Å². The summed E-state index contributed by atoms with van der Waals surface area (Å²) in [6, 6.07) is 0. The Morgan fingerprint density at radius 2 is 1.22 bits per heavy atom. The molecule has 0 aromatic carbocycles. The predicted octanol–water partition coefficient (Wildman–Crippen LogP) is 4.84. The van der Waals surface area contributed by atoms with Gasteiger partial charge in [0.05, 0.1) is 0 Å². The maximum absolute atomic E-state index is 2.59. The Hall–Kier alpha value is 0.0600. The van der Waals surface area contributed by atoms with Crippen molar-refractivity contribution in [2.24, 2.45) is 0 Å². The van der Waals surface area contributed by atoms with E-state index in [0.29, 0.717) is 0 Å². The van der Waals surface area contributed by atoms with E-state index in [4.69, 9.17) is 0 Å². The van der Waals surface area contributed by atoms with Gasteiger partial charge in [-0.3, -0.25) is 0 Å². The van der Waals surface area contributed by atoms with Crippen LogP contribution in [0.3, 0.4) is 0 Å². The first-order valence-electron chi connectivity index (χ1n) is 7.01. The molecule has 0 unspecified atom stereocenters. The first-order chi connectivity index (χ1) is 8.40. The molecule has 0 atom stereocenters. The van der Waals surface area contributed by atoms with E-state index in [1.807, 2.05) is 6.56 Å². The molecule has 0 saturated carbocycles. The Morgan fingerprint density at radius 3 is 1.44 bits per heavy atom. The fourth-order valence-electron chi connectivity index (χ4n) is 3.35. The summed E-state index contributed by atoms with van der Waals surface area (Å²) in [7, 11) is 0. The first kappa shape index (κ1) is 14.5. The molecule has 0 spiro atoms. The summed E-state index contributed by atoms with van der Waals surface area (Å²) < 4.78 is 3.85. The van der Waals surface area contributed by atoms with Gasteiger partial charge in [-0.1, -0.05) is 0 Å². The third kappa shape index (κ3) is 2.80. The Labute approximate surface area is 121 Å². The fourth-order valence-corrected chi connectivity index (χ4v) is 24.6. The van der Waals surface area contributed by atoms with E-state index < -0.39 is 26.8 Å². The predicted molar refractivity (Wildman–Crippen MR) is 81.0 cm³/mol. The second-order valence-corrected chi connectivity index (χ2v) is 25.5. The third-order valence-electron chi connectivity index (χ3n) is 4.02. The number of rotatable bonds is 3. The van der Waals surface area contributed by atoms with Crippen molar-refractivity contribution in [3.8, 4) is 0 Å². The van der Waals surface area contributed by atoms with Gasteiger partial charge in [0.2, 0.25) is 0 Å². The standard InChI is InChI=1S/2C7H9.C2H7Si.Zr/c2*1-6-3-4-7(2)5-6;1-3-2;/h2*5H,3H2,1-2H3;3H,1-2H3;. The molecule has 0 aromatic rings. The van der Waals surface area contributed by atoms with E-state index in [9.17, 15) is 0 Å². The minimum absolute atomic E-state index is 0.509. The fraction of sp³-hybridized carbons (Fsp3) is 0.500. The van der Waals surface area contributed by atoms with Crippen molar-refractivity contribution in [2.75, 3.05) is 0 Å². The van der Waals surface area contributed by atoms with Gasteiger partial charge in [0.25, 0.3) is 0 Å². The van der Waals surface area contributed by atoms with E-state index >= 15 is 0 Å². The summed E-state index contributed by atoms with van der Waals surface area (Å²) in [6.45, 7) is 14.5. The molecular weight excluding hydrogens is 311 g/mol. The molecule has 97 valence electrons. The van der Waals surface area contributed by atoms with Gasteiger partial charge in [0.1, 0.15) is 0 Å². The van der Waals surface area contributed by atoms with Crippen molar-refractivity contribution in [2.45, 2.75) is 53.6 Å². The molecule has 2 aliphatic carbocycles. The summed E-state index contributed by atoms with van der Waals surface area (Å²) >= 11 is -1.47. The molecule has 0 aliphatic heterocycles. The van der Waals surface area contributed by atoms with Crippen molar-refractivity contribution >= 4 is 5.92 Å². The average Bonchev–Trinajstić information content (AvgIpc) is 2.71. The topological polar surface area (TPSA) is 0 Å². The zero-order chi connectivity index (χ0) is 13.4. The van der Waals surface area contributed by atoms with E-state index in [-0.39, 0.29) is 0 Å². The number of allylic oxidation sites excluding steroid dienone is 8. The van der Waals surface area contributed by atoms with Crippen LogP contribution in [-0.4, -0.2) is 5.92 Å². The zero-order valence-corrected chi connectivity index (χ0v) is 16.3. The minimum atomic E-state index is -1.47. The average molecular weight is 337 g/mol. The molecule has 0 amide bonds. The van der Waals surface area contributed by atoms with E-state index in [1.165, 1.54) is 12.8 Å². The van der Waals surface area contributed by atoms with Crippen LogP contribution in [0, 0.1) is 0 Å². The van der Waals surface area contributed by atoms with Gasteiger partial charge in [-0.15, -0.1) is 0 Å². The second-order valence-electron chi connectivity index (χ2n) is 6.23. The summed E-state index contributed by atoms with van der Waals surface area (Å²) in [5.74, 6) is -0.509. The van der Waals surface area contributed by atoms with Crippen LogP contribution in [0.1, 0.15) is 40.5 Å². The third-order valence-corrected chi connectivity index (χ3v) is 23.8. The van der Waals surface area contributed by atoms with E-state index in [1.54, 1.807) is 22.3 Å². The van der Waals surface area contributed by atoms with Crippen LogP contribution in [-0.2, 0) is 20.9 Å². The molecule has 0 saturated heterocycles. The van der Waals surface area contributed by atoms with Crippen LogP contribution in [0.2, 0.25) is 13.1 Å². The number of hydrogen-bond donors (Lipinski definition) is 0. The van der Waals surface area contributed by atoms with E-state index in [0.717, 1.165) is 0 Å². The Bertz CT molecular complexity index is 447. The summed E-state index contributed by atoms with van der Waals surface area (Å²) in [5, 5.41) is 0. The molecule has 0 bridgehead atoms. The van der Waals surface area contributed by atoms with Gasteiger partial charge < -0.3 is 0 Å². The van der Waals surface area contributed by atoms with Crippen molar-refractivity contribution in [1.29, 1.82) is 0 Å². The molecular formula is C16H25SiZr. The van der Waals surface area contributed by atoms with Crippen molar-refractivity contribution in [1.82, 2.24) is 0 Å². The molecule has 2 aliphatic rings. The summed E-state index contributed by atoms with van der Waals surface area (Å²) in [4.78, 5) is 0. The van der Waals surface area contributed by atoms with Gasteiger partial charge in [-0.25, -0.2) is 0 Å². The van der Waals surface area contributed by atoms with Crippen LogP contribution >= 0.6 is 0 Å². The Kier molecular flexibility index (Phi) is 4.49. The van der Waals surface area contributed by atoms with Crippen molar-refractivity contribution < 1.29 is 20.9 Å². The van der Waals surface area contributed by atoms with Gasteiger partial charge in [-0.05, 0) is 0 Å². The van der Waals surface area contributed by atoms with Gasteiger partial charge in [-0.2, -0.15) is 0 Å². The molecule has 0 aromatic heterocycles. The van der Waals surface area contributed by atoms with Crippen LogP contribution in [0.15, 0.2) is 41.0 Å². The summed E-state index contributed by atoms with van der Waals surface area (Å²) in [5.41, 5.74) is 6.45. The number of hydrogen-bond acceptors (Lipinski definition) is 0. The van der Waals surface area contributed by atoms with Crippen LogP contribution < -0.4 is 0 Å². The molecule has 2 heteroatoms. The van der Waals surface area contributed by atoms with Gasteiger partial charge in [0.15, 0.2) is 0 Å². The zero-order valence-electron chi connectivity index (χ0n) is 12.6. The quantitative estimate of drug-likeness (QED) is 0.647. The SMILES string of the molecule is CC1=CC(C)=[C]([Zr]([C]2=C(C)C=C(C)C2)[SiH](C)C)C1. The van der Waals surface area contributed by atoms with Gasteiger partial charge in [0, 0.05) is 0 Å². The molecule has 0 heterocycles. The normalized spacial score (nSPS) is 19.9. The van der Waals surface area contributed by atoms with Crippen molar-refractivity contribution in [3.63, 3.8) is 0 Å². The monoisotopic (exact) mass is 335 g/mol. The maximum atomic E-state index is 2.59. The molecule has 0 radical (unpaired) electrons. The van der Waals surface area contributed by atoms with Crippen LogP contribution in [0.4, 0.5) is 0 Å². The van der Waals surface area contributed by atoms with Gasteiger partial charge >= 0.3 is 121 Å². The molecule has 0 nitrogen and oxygen atoms in total. The van der Waals surface area contributed by atoms with Crippen LogP contribution in [0.5, 0.6) is 0 Å². The Morgan fingerprint density at radius 1 is 0.833 bits per heavy atom. The van der Waals surface area contributed by atoms with E-state index in [2.05, 4.69) is 52.9 Å². The molecule has 0 fully saturated rings. The Balaban J connectivity index is 2.33. The summed E-state index contributed by atoms with van der Waals surface area (Å²) in [6.07, 6.45) is 7.50. The van der Waals surface area contributed by atoms with Crippen LogP contribution in [0.25, 0.3) is 0 Å².